The summed E-state index contributed by atoms with van der Waals surface area (Å²) in [4.78, 5) is 0. The van der Waals surface area contributed by atoms with E-state index in [1.54, 1.807) is 7.11 Å². The quantitative estimate of drug-likeness (QED) is 0.825. The molecule has 1 aliphatic heterocycles. The highest BCUT2D eigenvalue weighted by molar-refractivity contribution is 5.37. The van der Waals surface area contributed by atoms with Crippen molar-refractivity contribution in [1.82, 2.24) is 5.32 Å². The highest BCUT2D eigenvalue weighted by atomic mass is 16.5. The molecule has 1 fully saturated rings. The van der Waals surface area contributed by atoms with Gasteiger partial charge in [-0.05, 0) is 49.4 Å². The van der Waals surface area contributed by atoms with Crippen molar-refractivity contribution >= 4 is 0 Å². The van der Waals surface area contributed by atoms with Gasteiger partial charge in [0.15, 0.2) is 0 Å². The Morgan fingerprint density at radius 3 is 2.69 bits per heavy atom. The normalized spacial score (nSPS) is 25.4. The zero-order chi connectivity index (χ0) is 11.5. The average molecular weight is 219 g/mol. The Kier molecular flexibility index (Phi) is 3.49. The molecule has 2 atom stereocenters. The Balaban J connectivity index is 2.12. The summed E-state index contributed by atoms with van der Waals surface area (Å²) in [7, 11) is 1.72. The molecular formula is C14H21NO. The fourth-order valence-electron chi connectivity index (χ4n) is 2.40. The van der Waals surface area contributed by atoms with Crippen molar-refractivity contribution in [3.05, 3.63) is 29.3 Å². The van der Waals surface area contributed by atoms with Crippen LogP contribution < -0.4 is 10.1 Å². The molecule has 0 saturated carbocycles. The molecule has 1 aromatic rings. The molecule has 0 spiro atoms. The number of methoxy groups -OCH3 is 1. The molecular weight excluding hydrogens is 198 g/mol. The zero-order valence-electron chi connectivity index (χ0n) is 10.4. The monoisotopic (exact) mass is 219 g/mol. The van der Waals surface area contributed by atoms with E-state index in [0.29, 0.717) is 6.04 Å². The van der Waals surface area contributed by atoms with Crippen molar-refractivity contribution in [2.45, 2.75) is 32.7 Å². The first-order chi connectivity index (χ1) is 7.70. The Bertz CT molecular complexity index is 354. The first kappa shape index (κ1) is 11.5. The standard InChI is InChI=1S/C14H21NO/c1-10-4-6-13(15-9-10)12-5-7-14(16-3)11(2)8-12/h5,7-8,10,13,15H,4,6,9H2,1-3H3. The molecule has 1 N–H and O–H groups in total. The number of rotatable bonds is 2. The summed E-state index contributed by atoms with van der Waals surface area (Å²) in [5, 5.41) is 3.61. The number of nitrogens with one attached hydrogen (secondary N) is 1. The highest BCUT2D eigenvalue weighted by Gasteiger charge is 2.19. The molecule has 0 aliphatic carbocycles. The molecule has 1 heterocycles. The smallest absolute Gasteiger partial charge is 0.121 e. The molecule has 2 rings (SSSR count). The molecule has 16 heavy (non-hydrogen) atoms. The molecule has 1 aliphatic rings. The van der Waals surface area contributed by atoms with Gasteiger partial charge in [-0.15, -0.1) is 0 Å². The number of benzene rings is 1. The van der Waals surface area contributed by atoms with Crippen LogP contribution in [0, 0.1) is 12.8 Å². The van der Waals surface area contributed by atoms with Crippen LogP contribution in [0.4, 0.5) is 0 Å². The van der Waals surface area contributed by atoms with Crippen molar-refractivity contribution in [2.24, 2.45) is 5.92 Å². The predicted octanol–water partition coefficient (Wildman–Crippen LogP) is 3.06. The maximum Gasteiger partial charge on any atom is 0.121 e. The van der Waals surface area contributed by atoms with Crippen molar-refractivity contribution in [3.63, 3.8) is 0 Å². The largest absolute Gasteiger partial charge is 0.496 e. The third-order valence-corrected chi connectivity index (χ3v) is 3.48. The fourth-order valence-corrected chi connectivity index (χ4v) is 2.40. The zero-order valence-corrected chi connectivity index (χ0v) is 10.4. The summed E-state index contributed by atoms with van der Waals surface area (Å²) in [6.45, 7) is 5.55. The third-order valence-electron chi connectivity index (χ3n) is 3.48. The van der Waals surface area contributed by atoms with Crippen LogP contribution in [-0.2, 0) is 0 Å². The van der Waals surface area contributed by atoms with Gasteiger partial charge in [-0.2, -0.15) is 0 Å². The lowest BCUT2D eigenvalue weighted by molar-refractivity contribution is 0.332. The second kappa shape index (κ2) is 4.88. The minimum Gasteiger partial charge on any atom is -0.496 e. The Labute approximate surface area is 98.0 Å². The second-order valence-electron chi connectivity index (χ2n) is 4.87. The average Bonchev–Trinajstić information content (AvgIpc) is 2.30. The van der Waals surface area contributed by atoms with Gasteiger partial charge in [-0.25, -0.2) is 0 Å². The molecule has 1 aromatic carbocycles. The molecule has 2 heteroatoms. The minimum atomic E-state index is 0.529. The van der Waals surface area contributed by atoms with Gasteiger partial charge < -0.3 is 10.1 Å². The number of aryl methyl sites for hydroxylation is 1. The van der Waals surface area contributed by atoms with E-state index in [0.717, 1.165) is 18.2 Å². The number of hydrogen-bond acceptors (Lipinski definition) is 2. The van der Waals surface area contributed by atoms with E-state index < -0.39 is 0 Å². The molecule has 0 aromatic heterocycles. The fraction of sp³-hybridized carbons (Fsp3) is 0.571. The van der Waals surface area contributed by atoms with Crippen LogP contribution in [0.2, 0.25) is 0 Å². The van der Waals surface area contributed by atoms with Gasteiger partial charge >= 0.3 is 0 Å². The van der Waals surface area contributed by atoms with E-state index in [1.807, 2.05) is 0 Å². The van der Waals surface area contributed by atoms with Gasteiger partial charge in [0.1, 0.15) is 5.75 Å². The lowest BCUT2D eigenvalue weighted by Crippen LogP contribution is -2.31. The molecule has 2 nitrogen and oxygen atoms in total. The van der Waals surface area contributed by atoms with Gasteiger partial charge in [-0.1, -0.05) is 19.1 Å². The molecule has 88 valence electrons. The van der Waals surface area contributed by atoms with Gasteiger partial charge in [0, 0.05) is 6.04 Å². The van der Waals surface area contributed by atoms with Crippen LogP contribution in [0.1, 0.15) is 36.9 Å². The first-order valence-corrected chi connectivity index (χ1v) is 6.08. The van der Waals surface area contributed by atoms with Gasteiger partial charge in [0.05, 0.1) is 7.11 Å². The summed E-state index contributed by atoms with van der Waals surface area (Å²) in [6, 6.07) is 7.02. The van der Waals surface area contributed by atoms with Crippen LogP contribution in [0.5, 0.6) is 5.75 Å². The molecule has 2 unspecified atom stereocenters. The van der Waals surface area contributed by atoms with Crippen molar-refractivity contribution in [2.75, 3.05) is 13.7 Å². The summed E-state index contributed by atoms with van der Waals surface area (Å²) in [6.07, 6.45) is 2.57. The molecule has 0 radical (unpaired) electrons. The van der Waals surface area contributed by atoms with Crippen molar-refractivity contribution in [3.8, 4) is 5.75 Å². The van der Waals surface area contributed by atoms with E-state index >= 15 is 0 Å². The van der Waals surface area contributed by atoms with Crippen molar-refractivity contribution < 1.29 is 4.74 Å². The van der Waals surface area contributed by atoms with E-state index in [9.17, 15) is 0 Å². The number of hydrogen-bond donors (Lipinski definition) is 1. The van der Waals surface area contributed by atoms with Crippen LogP contribution in [0.3, 0.4) is 0 Å². The lowest BCUT2D eigenvalue weighted by atomic mass is 9.91. The maximum atomic E-state index is 5.28. The van der Waals surface area contributed by atoms with Crippen LogP contribution in [-0.4, -0.2) is 13.7 Å². The third kappa shape index (κ3) is 2.38. The second-order valence-corrected chi connectivity index (χ2v) is 4.87. The number of ether oxygens (including phenoxy) is 1. The van der Waals surface area contributed by atoms with Gasteiger partial charge in [0.25, 0.3) is 0 Å². The van der Waals surface area contributed by atoms with E-state index in [1.165, 1.54) is 24.0 Å². The Morgan fingerprint density at radius 1 is 1.31 bits per heavy atom. The highest BCUT2D eigenvalue weighted by Crippen LogP contribution is 2.28. The summed E-state index contributed by atoms with van der Waals surface area (Å²) >= 11 is 0. The van der Waals surface area contributed by atoms with Crippen LogP contribution in [0.25, 0.3) is 0 Å². The molecule has 0 amide bonds. The predicted molar refractivity (Wildman–Crippen MR) is 66.9 cm³/mol. The number of piperidine rings is 1. The van der Waals surface area contributed by atoms with E-state index in [2.05, 4.69) is 37.4 Å². The lowest BCUT2D eigenvalue weighted by Gasteiger charge is -2.28. The Morgan fingerprint density at radius 2 is 2.12 bits per heavy atom. The van der Waals surface area contributed by atoms with Gasteiger partial charge in [-0.3, -0.25) is 0 Å². The first-order valence-electron chi connectivity index (χ1n) is 6.08. The van der Waals surface area contributed by atoms with Gasteiger partial charge in [0.2, 0.25) is 0 Å². The van der Waals surface area contributed by atoms with E-state index in [-0.39, 0.29) is 0 Å². The SMILES string of the molecule is COc1ccc(C2CCC(C)CN2)cc1C. The Hall–Kier alpha value is -1.02. The van der Waals surface area contributed by atoms with Crippen LogP contribution in [0.15, 0.2) is 18.2 Å². The maximum absolute atomic E-state index is 5.28. The summed E-state index contributed by atoms with van der Waals surface area (Å²) in [5.74, 6) is 1.79. The summed E-state index contributed by atoms with van der Waals surface area (Å²) < 4.78 is 5.28. The van der Waals surface area contributed by atoms with Crippen molar-refractivity contribution in [1.29, 1.82) is 0 Å². The topological polar surface area (TPSA) is 21.3 Å². The molecule has 0 bridgehead atoms. The minimum absolute atomic E-state index is 0.529. The summed E-state index contributed by atoms with van der Waals surface area (Å²) in [5.41, 5.74) is 2.62. The van der Waals surface area contributed by atoms with Crippen LogP contribution >= 0.6 is 0 Å². The van der Waals surface area contributed by atoms with E-state index in [4.69, 9.17) is 4.74 Å². The molecule has 1 saturated heterocycles.